The van der Waals surface area contributed by atoms with Crippen molar-refractivity contribution in [2.75, 3.05) is 19.1 Å². The Morgan fingerprint density at radius 1 is 1.09 bits per heavy atom. The molecule has 34 heavy (non-hydrogen) atoms. The first kappa shape index (κ1) is 21.9. The Balaban J connectivity index is 1.42. The number of aromatic nitrogens is 1. The minimum Gasteiger partial charge on any atom is -0.493 e. The summed E-state index contributed by atoms with van der Waals surface area (Å²) in [6.07, 6.45) is 0. The molecule has 2 aliphatic heterocycles. The number of imide groups is 1. The van der Waals surface area contributed by atoms with E-state index in [-0.39, 0.29) is 6.54 Å². The summed E-state index contributed by atoms with van der Waals surface area (Å²) in [6, 6.07) is 10.2. The molecule has 0 saturated carbocycles. The van der Waals surface area contributed by atoms with Crippen molar-refractivity contribution in [3.05, 3.63) is 58.9 Å². The number of para-hydroxylation sites is 1. The van der Waals surface area contributed by atoms with Crippen LogP contribution in [0, 0.1) is 6.92 Å². The molecule has 5 rings (SSSR count). The summed E-state index contributed by atoms with van der Waals surface area (Å²) in [7, 11) is 3.09. The maximum Gasteiger partial charge on any atom is 0.263 e. The van der Waals surface area contributed by atoms with Crippen LogP contribution >= 0.6 is 11.6 Å². The van der Waals surface area contributed by atoms with Crippen molar-refractivity contribution >= 4 is 29.1 Å². The number of ether oxygens (including phenoxy) is 2. The average molecular weight is 482 g/mol. The first-order valence-corrected chi connectivity index (χ1v) is 10.8. The fraction of sp³-hybridized carbons (Fsp3) is 0.261. The molecule has 2 aliphatic rings. The van der Waals surface area contributed by atoms with Gasteiger partial charge < -0.3 is 13.9 Å². The van der Waals surface area contributed by atoms with Crippen molar-refractivity contribution in [3.63, 3.8) is 0 Å². The fourth-order valence-electron chi connectivity index (χ4n) is 4.12. The van der Waals surface area contributed by atoms with Gasteiger partial charge in [-0.3, -0.25) is 14.6 Å². The van der Waals surface area contributed by atoms with Crippen LogP contribution in [0.15, 0.2) is 57.2 Å². The highest BCUT2D eigenvalue weighted by molar-refractivity contribution is 6.31. The van der Waals surface area contributed by atoms with E-state index in [1.807, 2.05) is 12.1 Å². The summed E-state index contributed by atoms with van der Waals surface area (Å²) in [5.41, 5.74) is 1.58. The number of fused-ring (bicyclic) bond motifs is 1. The van der Waals surface area contributed by atoms with Gasteiger partial charge in [0.25, 0.3) is 11.8 Å². The number of nitrogens with zero attached hydrogens (tertiary/aromatic N) is 5. The van der Waals surface area contributed by atoms with Crippen LogP contribution < -0.4 is 14.4 Å². The molecule has 0 N–H and O–H groups in total. The van der Waals surface area contributed by atoms with Crippen LogP contribution in [0.1, 0.15) is 11.5 Å². The quantitative estimate of drug-likeness (QED) is 0.492. The van der Waals surface area contributed by atoms with E-state index in [9.17, 15) is 9.59 Å². The first-order chi connectivity index (χ1) is 16.4. The van der Waals surface area contributed by atoms with Crippen LogP contribution in [-0.4, -0.2) is 48.1 Å². The second kappa shape index (κ2) is 8.45. The maximum absolute atomic E-state index is 13.2. The van der Waals surface area contributed by atoms with Crippen molar-refractivity contribution < 1.29 is 23.5 Å². The second-order valence-corrected chi connectivity index (χ2v) is 8.18. The molecular weight excluding hydrogens is 462 g/mol. The lowest BCUT2D eigenvalue weighted by molar-refractivity contribution is -0.123. The molecule has 3 aromatic rings. The molecule has 0 radical (unpaired) electrons. The van der Waals surface area contributed by atoms with Gasteiger partial charge in [-0.2, -0.15) is 5.11 Å². The lowest BCUT2D eigenvalue weighted by atomic mass is 10.1. The zero-order valence-electron chi connectivity index (χ0n) is 18.6. The van der Waals surface area contributed by atoms with E-state index in [4.69, 9.17) is 25.5 Å². The topological polar surface area (TPSA) is 110 Å². The number of oxazole rings is 1. The minimum atomic E-state index is -0.920. The number of aryl methyl sites for hydroxylation is 1. The van der Waals surface area contributed by atoms with Gasteiger partial charge in [-0.15, -0.1) is 0 Å². The van der Waals surface area contributed by atoms with Gasteiger partial charge in [-0.1, -0.05) is 29.0 Å². The molecule has 1 aromatic heterocycles. The van der Waals surface area contributed by atoms with Gasteiger partial charge in [-0.05, 0) is 37.3 Å². The summed E-state index contributed by atoms with van der Waals surface area (Å²) in [4.78, 5) is 31.8. The largest absolute Gasteiger partial charge is 0.493 e. The van der Waals surface area contributed by atoms with E-state index < -0.39 is 23.9 Å². The molecular formula is C23H20ClN5O5. The number of halogens is 1. The highest BCUT2D eigenvalue weighted by atomic mass is 35.5. The lowest BCUT2D eigenvalue weighted by Crippen LogP contribution is -2.39. The van der Waals surface area contributed by atoms with Crippen LogP contribution in [0.25, 0.3) is 11.5 Å². The van der Waals surface area contributed by atoms with Crippen LogP contribution in [-0.2, 0) is 16.1 Å². The van der Waals surface area contributed by atoms with E-state index in [2.05, 4.69) is 15.3 Å². The third-order valence-electron chi connectivity index (χ3n) is 5.76. The van der Waals surface area contributed by atoms with Crippen LogP contribution in [0.3, 0.4) is 0 Å². The van der Waals surface area contributed by atoms with Gasteiger partial charge in [0.2, 0.25) is 5.89 Å². The Morgan fingerprint density at radius 2 is 1.88 bits per heavy atom. The maximum atomic E-state index is 13.2. The number of hydrogen-bond donors (Lipinski definition) is 0. The third-order valence-corrected chi connectivity index (χ3v) is 6.00. The molecule has 1 fully saturated rings. The molecule has 10 nitrogen and oxygen atoms in total. The molecule has 0 spiro atoms. The molecule has 2 amide bonds. The minimum absolute atomic E-state index is 0.134. The molecule has 2 aromatic carbocycles. The van der Waals surface area contributed by atoms with Gasteiger partial charge in [0.1, 0.15) is 11.5 Å². The number of benzene rings is 2. The number of methoxy groups -OCH3 is 2. The Kier molecular flexibility index (Phi) is 5.45. The van der Waals surface area contributed by atoms with Gasteiger partial charge >= 0.3 is 0 Å². The first-order valence-electron chi connectivity index (χ1n) is 10.4. The highest BCUT2D eigenvalue weighted by Gasteiger charge is 2.55. The third kappa shape index (κ3) is 3.47. The molecule has 2 atom stereocenters. The summed E-state index contributed by atoms with van der Waals surface area (Å²) >= 11 is 6.05. The number of carbonyl (C=O) groups is 2. The summed E-state index contributed by atoms with van der Waals surface area (Å²) in [5.74, 6) is 1.06. The summed E-state index contributed by atoms with van der Waals surface area (Å²) in [5, 5.41) is 10.0. The van der Waals surface area contributed by atoms with Crippen molar-refractivity contribution in [1.29, 1.82) is 0 Å². The fourth-order valence-corrected chi connectivity index (χ4v) is 4.31. The number of hydrogen-bond acceptors (Lipinski definition) is 9. The molecule has 0 bridgehead atoms. The zero-order valence-corrected chi connectivity index (χ0v) is 19.3. The average Bonchev–Trinajstić information content (AvgIpc) is 3.48. The number of anilines is 1. The van der Waals surface area contributed by atoms with Crippen molar-refractivity contribution in [1.82, 2.24) is 9.99 Å². The molecule has 11 heteroatoms. The predicted molar refractivity (Wildman–Crippen MR) is 122 cm³/mol. The van der Waals surface area contributed by atoms with Crippen LogP contribution in [0.5, 0.6) is 11.5 Å². The molecule has 1 saturated heterocycles. The number of rotatable bonds is 6. The van der Waals surface area contributed by atoms with Crippen molar-refractivity contribution in [2.45, 2.75) is 25.6 Å². The van der Waals surface area contributed by atoms with Gasteiger partial charge in [0.05, 0.1) is 32.0 Å². The Hall–Kier alpha value is -3.92. The van der Waals surface area contributed by atoms with E-state index in [0.29, 0.717) is 45.1 Å². The normalized spacial score (nSPS) is 19.2. The zero-order chi connectivity index (χ0) is 24.0. The van der Waals surface area contributed by atoms with E-state index in [1.54, 1.807) is 44.4 Å². The SMILES string of the molecule is COc1cccc(-c2nc(CN3N=N[C@H]4C(=O)N(c5cccc(Cl)c5)C(=O)[C@H]43)c(C)o2)c1OC. The number of carbonyl (C=O) groups excluding carboxylic acids is 2. The summed E-state index contributed by atoms with van der Waals surface area (Å²) in [6.45, 7) is 1.90. The Morgan fingerprint density at radius 3 is 2.62 bits per heavy atom. The van der Waals surface area contributed by atoms with Crippen LogP contribution in [0.2, 0.25) is 5.02 Å². The summed E-state index contributed by atoms with van der Waals surface area (Å²) < 4.78 is 16.7. The molecule has 174 valence electrons. The number of amides is 2. The molecule has 0 unspecified atom stereocenters. The van der Waals surface area contributed by atoms with Crippen LogP contribution in [0.4, 0.5) is 5.69 Å². The standard InChI is InChI=1S/C23H20ClN5O5/c1-12-16(25-21(34-12)15-8-5-9-17(32-2)20(15)33-3)11-28-19-18(26-27-28)22(30)29(23(19)31)14-7-4-6-13(24)10-14/h4-10,18-19H,11H2,1-3H3/t18-,19+/m1/s1. The van der Waals surface area contributed by atoms with E-state index in [0.717, 1.165) is 4.90 Å². The van der Waals surface area contributed by atoms with E-state index in [1.165, 1.54) is 12.1 Å². The molecule has 3 heterocycles. The second-order valence-electron chi connectivity index (χ2n) is 7.75. The van der Waals surface area contributed by atoms with Gasteiger partial charge in [0, 0.05) is 5.02 Å². The monoisotopic (exact) mass is 481 g/mol. The predicted octanol–water partition coefficient (Wildman–Crippen LogP) is 3.81. The van der Waals surface area contributed by atoms with E-state index >= 15 is 0 Å². The van der Waals surface area contributed by atoms with Gasteiger partial charge in [-0.25, -0.2) is 9.88 Å². The Bertz CT molecular complexity index is 1320. The highest BCUT2D eigenvalue weighted by Crippen LogP contribution is 2.39. The lowest BCUT2D eigenvalue weighted by Gasteiger charge is -2.20. The van der Waals surface area contributed by atoms with Gasteiger partial charge in [0.15, 0.2) is 23.6 Å². The molecule has 0 aliphatic carbocycles. The van der Waals surface area contributed by atoms with Crippen molar-refractivity contribution in [2.24, 2.45) is 10.3 Å². The smallest absolute Gasteiger partial charge is 0.263 e. The Labute approximate surface area is 199 Å². The van der Waals surface area contributed by atoms with Crippen molar-refractivity contribution in [3.8, 4) is 23.0 Å².